The number of carbonyl (C=O) groups excluding carboxylic acids is 1. The zero-order valence-electron chi connectivity index (χ0n) is 12.5. The van der Waals surface area contributed by atoms with Crippen LogP contribution in [0.15, 0.2) is 30.3 Å². The highest BCUT2D eigenvalue weighted by Crippen LogP contribution is 2.17. The first-order chi connectivity index (χ1) is 9.79. The van der Waals surface area contributed by atoms with E-state index in [1.165, 1.54) is 5.56 Å². The van der Waals surface area contributed by atoms with E-state index >= 15 is 0 Å². The van der Waals surface area contributed by atoms with Gasteiger partial charge in [0.15, 0.2) is 0 Å². The quantitative estimate of drug-likeness (QED) is 0.864. The van der Waals surface area contributed by atoms with Gasteiger partial charge in [-0.15, -0.1) is 0 Å². The van der Waals surface area contributed by atoms with E-state index in [0.717, 1.165) is 51.2 Å². The molecule has 0 spiro atoms. The number of aryl methyl sites for hydroxylation is 1. The van der Waals surface area contributed by atoms with Crippen molar-refractivity contribution in [2.75, 3.05) is 26.7 Å². The number of benzene rings is 1. The van der Waals surface area contributed by atoms with Crippen LogP contribution in [-0.4, -0.2) is 37.5 Å². The third-order valence-electron chi connectivity index (χ3n) is 4.16. The van der Waals surface area contributed by atoms with E-state index in [1.54, 1.807) is 0 Å². The molecule has 2 rings (SSSR count). The van der Waals surface area contributed by atoms with Crippen LogP contribution < -0.4 is 5.32 Å². The van der Waals surface area contributed by atoms with E-state index in [0.29, 0.717) is 12.3 Å². The summed E-state index contributed by atoms with van der Waals surface area (Å²) in [6.07, 6.45) is 4.93. The molecule has 0 aromatic heterocycles. The van der Waals surface area contributed by atoms with Gasteiger partial charge in [-0.2, -0.15) is 0 Å². The Labute approximate surface area is 122 Å². The third-order valence-corrected chi connectivity index (χ3v) is 4.16. The van der Waals surface area contributed by atoms with Gasteiger partial charge in [-0.05, 0) is 50.8 Å². The zero-order valence-corrected chi connectivity index (χ0v) is 12.5. The second kappa shape index (κ2) is 8.05. The van der Waals surface area contributed by atoms with Crippen molar-refractivity contribution in [1.29, 1.82) is 0 Å². The van der Waals surface area contributed by atoms with Crippen LogP contribution in [0.4, 0.5) is 0 Å². The van der Waals surface area contributed by atoms with Crippen molar-refractivity contribution in [2.45, 2.75) is 32.1 Å². The van der Waals surface area contributed by atoms with Crippen LogP contribution in [0.3, 0.4) is 0 Å². The molecule has 1 aromatic carbocycles. The van der Waals surface area contributed by atoms with E-state index in [9.17, 15) is 4.79 Å². The molecule has 0 saturated carbocycles. The first-order valence-electron chi connectivity index (χ1n) is 7.76. The van der Waals surface area contributed by atoms with Gasteiger partial charge < -0.3 is 10.2 Å². The van der Waals surface area contributed by atoms with Gasteiger partial charge in [0.25, 0.3) is 0 Å². The first kappa shape index (κ1) is 15.0. The Morgan fingerprint density at radius 1 is 1.25 bits per heavy atom. The number of rotatable bonds is 6. The van der Waals surface area contributed by atoms with E-state index in [1.807, 2.05) is 13.1 Å². The molecule has 0 aliphatic carbocycles. The molecule has 1 aromatic rings. The Hall–Kier alpha value is -1.35. The van der Waals surface area contributed by atoms with Crippen molar-refractivity contribution in [3.05, 3.63) is 35.9 Å². The molecule has 0 bridgehead atoms. The van der Waals surface area contributed by atoms with Crippen molar-refractivity contribution in [3.63, 3.8) is 0 Å². The average Bonchev–Trinajstić information content (AvgIpc) is 2.49. The normalized spacial score (nSPS) is 16.4. The molecule has 1 amide bonds. The number of hydrogen-bond donors (Lipinski definition) is 1. The molecule has 0 atom stereocenters. The summed E-state index contributed by atoms with van der Waals surface area (Å²) in [7, 11) is 2.00. The number of nitrogens with one attached hydrogen (secondary N) is 1. The lowest BCUT2D eigenvalue weighted by atomic mass is 9.96. The lowest BCUT2D eigenvalue weighted by Crippen LogP contribution is -2.40. The summed E-state index contributed by atoms with van der Waals surface area (Å²) >= 11 is 0. The fourth-order valence-electron chi connectivity index (χ4n) is 2.92. The summed E-state index contributed by atoms with van der Waals surface area (Å²) in [6, 6.07) is 10.4. The maximum atomic E-state index is 12.2. The Morgan fingerprint density at radius 2 is 1.95 bits per heavy atom. The van der Waals surface area contributed by atoms with E-state index in [4.69, 9.17) is 0 Å². The minimum Gasteiger partial charge on any atom is -0.343 e. The number of piperidine rings is 1. The van der Waals surface area contributed by atoms with Crippen LogP contribution in [0.1, 0.15) is 31.2 Å². The molecule has 3 heteroatoms. The molecule has 1 aliphatic rings. The van der Waals surface area contributed by atoms with Crippen LogP contribution in [-0.2, 0) is 11.2 Å². The number of carbonyl (C=O) groups is 1. The van der Waals surface area contributed by atoms with Crippen molar-refractivity contribution in [2.24, 2.45) is 5.92 Å². The Kier molecular flexibility index (Phi) is 6.06. The van der Waals surface area contributed by atoms with Crippen LogP contribution in [0.2, 0.25) is 0 Å². The molecule has 20 heavy (non-hydrogen) atoms. The third kappa shape index (κ3) is 4.64. The van der Waals surface area contributed by atoms with Gasteiger partial charge in [-0.25, -0.2) is 0 Å². The summed E-state index contributed by atoms with van der Waals surface area (Å²) in [5, 5.41) is 3.23. The summed E-state index contributed by atoms with van der Waals surface area (Å²) in [5.74, 6) is 1.08. The van der Waals surface area contributed by atoms with Gasteiger partial charge >= 0.3 is 0 Å². The maximum absolute atomic E-state index is 12.2. The monoisotopic (exact) mass is 274 g/mol. The van der Waals surface area contributed by atoms with E-state index < -0.39 is 0 Å². The lowest BCUT2D eigenvalue weighted by Gasteiger charge is -2.32. The predicted molar refractivity (Wildman–Crippen MR) is 82.6 cm³/mol. The lowest BCUT2D eigenvalue weighted by molar-refractivity contribution is -0.132. The highest BCUT2D eigenvalue weighted by molar-refractivity contribution is 5.76. The van der Waals surface area contributed by atoms with E-state index in [-0.39, 0.29) is 0 Å². The van der Waals surface area contributed by atoms with Crippen LogP contribution in [0.5, 0.6) is 0 Å². The molecule has 0 radical (unpaired) electrons. The number of likely N-dealkylation sites (tertiary alicyclic amines) is 1. The fraction of sp³-hybridized carbons (Fsp3) is 0.588. The SMILES string of the molecule is CNCC1CCN(C(=O)CCCc2ccccc2)CC1. The van der Waals surface area contributed by atoms with Gasteiger partial charge in [0.05, 0.1) is 0 Å². The van der Waals surface area contributed by atoms with Gasteiger partial charge in [0.1, 0.15) is 0 Å². The molecule has 1 aliphatic heterocycles. The first-order valence-corrected chi connectivity index (χ1v) is 7.76. The van der Waals surface area contributed by atoms with Crippen LogP contribution in [0, 0.1) is 5.92 Å². The average molecular weight is 274 g/mol. The topological polar surface area (TPSA) is 32.3 Å². The Balaban J connectivity index is 1.66. The molecule has 0 unspecified atom stereocenters. The number of nitrogens with zero attached hydrogens (tertiary/aromatic N) is 1. The molecule has 3 nitrogen and oxygen atoms in total. The Bertz CT molecular complexity index is 397. The summed E-state index contributed by atoms with van der Waals surface area (Å²) in [4.78, 5) is 14.2. The smallest absolute Gasteiger partial charge is 0.222 e. The molecule has 1 heterocycles. The van der Waals surface area contributed by atoms with Crippen molar-refractivity contribution < 1.29 is 4.79 Å². The van der Waals surface area contributed by atoms with Gasteiger partial charge in [-0.1, -0.05) is 30.3 Å². The van der Waals surface area contributed by atoms with Crippen molar-refractivity contribution in [3.8, 4) is 0 Å². The maximum Gasteiger partial charge on any atom is 0.222 e. The molecule has 110 valence electrons. The largest absolute Gasteiger partial charge is 0.343 e. The zero-order chi connectivity index (χ0) is 14.2. The van der Waals surface area contributed by atoms with Crippen LogP contribution >= 0.6 is 0 Å². The second-order valence-electron chi connectivity index (χ2n) is 5.72. The van der Waals surface area contributed by atoms with Crippen molar-refractivity contribution in [1.82, 2.24) is 10.2 Å². The van der Waals surface area contributed by atoms with Gasteiger partial charge in [-0.3, -0.25) is 4.79 Å². The highest BCUT2D eigenvalue weighted by atomic mass is 16.2. The minimum absolute atomic E-state index is 0.337. The number of amides is 1. The van der Waals surface area contributed by atoms with Crippen molar-refractivity contribution >= 4 is 5.91 Å². The van der Waals surface area contributed by atoms with Gasteiger partial charge in [0, 0.05) is 19.5 Å². The van der Waals surface area contributed by atoms with Gasteiger partial charge in [0.2, 0.25) is 5.91 Å². The molecule has 1 N–H and O–H groups in total. The highest BCUT2D eigenvalue weighted by Gasteiger charge is 2.21. The second-order valence-corrected chi connectivity index (χ2v) is 5.72. The summed E-state index contributed by atoms with van der Waals surface area (Å²) in [6.45, 7) is 2.96. The molecular formula is C17H26N2O. The Morgan fingerprint density at radius 3 is 2.60 bits per heavy atom. The number of hydrogen-bond acceptors (Lipinski definition) is 2. The minimum atomic E-state index is 0.337. The summed E-state index contributed by atoms with van der Waals surface area (Å²) in [5.41, 5.74) is 1.33. The molecular weight excluding hydrogens is 248 g/mol. The van der Waals surface area contributed by atoms with Crippen LogP contribution in [0.25, 0.3) is 0 Å². The predicted octanol–water partition coefficient (Wildman–Crippen LogP) is 2.47. The standard InChI is InChI=1S/C17H26N2O/c1-18-14-16-10-12-19(13-11-16)17(20)9-5-8-15-6-3-2-4-7-15/h2-4,6-7,16,18H,5,8-14H2,1H3. The molecule has 1 fully saturated rings. The molecule has 1 saturated heterocycles. The summed E-state index contributed by atoms with van der Waals surface area (Å²) < 4.78 is 0. The fourth-order valence-corrected chi connectivity index (χ4v) is 2.92. The van der Waals surface area contributed by atoms with E-state index in [2.05, 4.69) is 34.5 Å².